The highest BCUT2D eigenvalue weighted by atomic mass is 16.5. The fraction of sp³-hybridized carbons (Fsp3) is 0.182. The van der Waals surface area contributed by atoms with Crippen LogP contribution in [0.3, 0.4) is 0 Å². The first-order valence-electron chi connectivity index (χ1n) is 13.2. The number of aliphatic carboxylic acids is 1. The molecule has 0 aromatic heterocycles. The first kappa shape index (κ1) is 29.8. The monoisotopic (exact) mass is 565 g/mol. The predicted octanol–water partition coefficient (Wildman–Crippen LogP) is 4.91. The molecule has 4 aromatic carbocycles. The quantitative estimate of drug-likeness (QED) is 0.139. The number of carboxylic acid groups (broad SMARTS) is 1. The normalized spacial score (nSPS) is 11.3. The molecule has 0 radical (unpaired) electrons. The van der Waals surface area contributed by atoms with Crippen LogP contribution in [0.15, 0.2) is 84.9 Å². The molecule has 0 fully saturated rings. The number of nitriles is 1. The van der Waals surface area contributed by atoms with Gasteiger partial charge in [-0.25, -0.2) is 4.79 Å². The minimum absolute atomic E-state index is 0.0694. The fourth-order valence-corrected chi connectivity index (χ4v) is 4.50. The summed E-state index contributed by atoms with van der Waals surface area (Å²) in [5.41, 5.74) is 5.90. The molecule has 0 spiro atoms. The molecule has 4 N–H and O–H groups in total. The summed E-state index contributed by atoms with van der Waals surface area (Å²) < 4.78 is 11.4. The smallest absolute Gasteiger partial charge is 0.343 e. The average Bonchev–Trinajstić information content (AvgIpc) is 3.01. The molecule has 0 saturated carbocycles. The van der Waals surface area contributed by atoms with Gasteiger partial charge in [0.1, 0.15) is 17.5 Å². The zero-order valence-electron chi connectivity index (χ0n) is 23.3. The number of aliphatic hydroxyl groups is 1. The zero-order chi connectivity index (χ0) is 30.1. The molecular weight excluding hydrogens is 534 g/mol. The van der Waals surface area contributed by atoms with E-state index in [9.17, 15) is 25.1 Å². The number of benzene rings is 4. The molecule has 9 nitrogen and oxygen atoms in total. The molecule has 0 bridgehead atoms. The van der Waals surface area contributed by atoms with Crippen LogP contribution in [0.4, 0.5) is 5.69 Å². The Hall–Kier alpha value is -5.17. The Balaban J connectivity index is 1.65. The minimum atomic E-state index is -1.23. The maximum absolute atomic E-state index is 13.1. The van der Waals surface area contributed by atoms with E-state index in [2.05, 4.69) is 35.8 Å². The van der Waals surface area contributed by atoms with Crippen molar-refractivity contribution in [2.24, 2.45) is 0 Å². The van der Waals surface area contributed by atoms with Crippen molar-refractivity contribution in [3.8, 4) is 28.7 Å². The number of carbonyl (C=O) groups excluding carboxylic acids is 1. The number of anilines is 1. The lowest BCUT2D eigenvalue weighted by atomic mass is 9.96. The Kier molecular flexibility index (Phi) is 9.90. The highest BCUT2D eigenvalue weighted by Crippen LogP contribution is 2.34. The third-order valence-corrected chi connectivity index (χ3v) is 6.84. The Bertz CT molecular complexity index is 1610. The number of ether oxygens (including phenoxy) is 2. The van der Waals surface area contributed by atoms with E-state index < -0.39 is 24.6 Å². The molecule has 0 amide bonds. The van der Waals surface area contributed by atoms with Crippen LogP contribution in [-0.4, -0.2) is 41.9 Å². The maximum atomic E-state index is 13.1. The van der Waals surface area contributed by atoms with Gasteiger partial charge in [0.15, 0.2) is 0 Å². The van der Waals surface area contributed by atoms with Crippen molar-refractivity contribution in [2.45, 2.75) is 26.1 Å². The number of aliphatic hydroxyl groups excluding tert-OH is 1. The first-order valence-corrected chi connectivity index (χ1v) is 13.2. The lowest BCUT2D eigenvalue weighted by Gasteiger charge is -2.19. The topological polar surface area (TPSA) is 141 Å². The third kappa shape index (κ3) is 7.12. The van der Waals surface area contributed by atoms with E-state index in [0.29, 0.717) is 29.1 Å². The van der Waals surface area contributed by atoms with Crippen molar-refractivity contribution in [2.75, 3.05) is 19.0 Å². The van der Waals surface area contributed by atoms with E-state index in [0.717, 1.165) is 22.3 Å². The van der Waals surface area contributed by atoms with Gasteiger partial charge >= 0.3 is 11.9 Å². The molecule has 9 heteroatoms. The summed E-state index contributed by atoms with van der Waals surface area (Å²) in [7, 11) is 1.46. The number of nitrogens with zero attached hydrogens (tertiary/aromatic N) is 1. The van der Waals surface area contributed by atoms with Gasteiger partial charge in [0.2, 0.25) is 0 Å². The second kappa shape index (κ2) is 13.9. The number of hydrogen-bond donors (Lipinski definition) is 4. The Labute approximate surface area is 244 Å². The summed E-state index contributed by atoms with van der Waals surface area (Å²) in [6.07, 6.45) is 0. The first-order chi connectivity index (χ1) is 20.3. The van der Waals surface area contributed by atoms with Crippen LogP contribution < -0.4 is 20.1 Å². The van der Waals surface area contributed by atoms with Gasteiger partial charge in [-0.1, -0.05) is 54.6 Å². The van der Waals surface area contributed by atoms with Crippen LogP contribution in [0, 0.1) is 18.3 Å². The van der Waals surface area contributed by atoms with Crippen LogP contribution in [0.2, 0.25) is 0 Å². The van der Waals surface area contributed by atoms with E-state index in [4.69, 9.17) is 9.47 Å². The molecular formula is C33H31N3O6. The molecule has 0 unspecified atom stereocenters. The number of methoxy groups -OCH3 is 1. The highest BCUT2D eigenvalue weighted by molar-refractivity contribution is 5.92. The zero-order valence-corrected chi connectivity index (χ0v) is 23.3. The molecule has 0 aliphatic heterocycles. The Morgan fingerprint density at radius 3 is 2.38 bits per heavy atom. The molecule has 4 rings (SSSR count). The van der Waals surface area contributed by atoms with Gasteiger partial charge in [0, 0.05) is 30.9 Å². The van der Waals surface area contributed by atoms with E-state index in [-0.39, 0.29) is 17.9 Å². The van der Waals surface area contributed by atoms with E-state index in [1.165, 1.54) is 19.2 Å². The van der Waals surface area contributed by atoms with Crippen LogP contribution in [0.5, 0.6) is 11.5 Å². The molecule has 42 heavy (non-hydrogen) atoms. The SMILES string of the molecule is COc1cc(NCc2cccc(-c3ccccc3)c2C)cc(OC(=O)c2cccc(C#N)c2)c1CN[C@H](CO)C(=O)O. The summed E-state index contributed by atoms with van der Waals surface area (Å²) in [5, 5.41) is 34.2. The van der Waals surface area contributed by atoms with Crippen molar-refractivity contribution in [3.05, 3.63) is 113 Å². The lowest BCUT2D eigenvalue weighted by Crippen LogP contribution is -2.39. The predicted molar refractivity (Wildman–Crippen MR) is 158 cm³/mol. The van der Waals surface area contributed by atoms with Crippen LogP contribution in [-0.2, 0) is 17.9 Å². The number of rotatable bonds is 12. The van der Waals surface area contributed by atoms with Crippen molar-refractivity contribution >= 4 is 17.6 Å². The second-order valence-corrected chi connectivity index (χ2v) is 9.50. The second-order valence-electron chi connectivity index (χ2n) is 9.50. The molecule has 1 atom stereocenters. The minimum Gasteiger partial charge on any atom is -0.496 e. The van der Waals surface area contributed by atoms with Crippen LogP contribution in [0.1, 0.15) is 32.6 Å². The summed E-state index contributed by atoms with van der Waals surface area (Å²) in [6.45, 7) is 1.84. The molecule has 0 saturated heterocycles. The Morgan fingerprint density at radius 2 is 1.69 bits per heavy atom. The van der Waals surface area contributed by atoms with Crippen molar-refractivity contribution in [3.63, 3.8) is 0 Å². The van der Waals surface area contributed by atoms with Gasteiger partial charge < -0.3 is 25.0 Å². The summed E-state index contributed by atoms with van der Waals surface area (Å²) >= 11 is 0. The number of hydrogen-bond acceptors (Lipinski definition) is 8. The molecule has 0 aliphatic carbocycles. The number of carboxylic acids is 1. The number of carbonyl (C=O) groups is 2. The van der Waals surface area contributed by atoms with Gasteiger partial charge in [-0.3, -0.25) is 10.1 Å². The van der Waals surface area contributed by atoms with Crippen LogP contribution in [0.25, 0.3) is 11.1 Å². The van der Waals surface area contributed by atoms with Gasteiger partial charge in [0.05, 0.1) is 36.5 Å². The maximum Gasteiger partial charge on any atom is 0.343 e. The summed E-state index contributed by atoms with van der Waals surface area (Å²) in [6, 6.07) is 26.5. The summed E-state index contributed by atoms with van der Waals surface area (Å²) in [4.78, 5) is 24.6. The van der Waals surface area contributed by atoms with E-state index in [1.807, 2.05) is 36.4 Å². The third-order valence-electron chi connectivity index (χ3n) is 6.84. The molecule has 0 aliphatic rings. The average molecular weight is 566 g/mol. The molecule has 4 aromatic rings. The number of esters is 1. The standard InChI is InChI=1S/C33H31N3O6/c1-21-25(12-7-13-27(21)23-9-4-3-5-10-23)18-35-26-15-30(41-2)28(19-36-29(20-37)32(38)39)31(16-26)42-33(40)24-11-6-8-22(14-24)17-34/h3-16,29,35-37H,18-20H2,1-2H3,(H,38,39)/t29-/m1/s1. The summed E-state index contributed by atoms with van der Waals surface area (Å²) in [5.74, 6) is -1.45. The lowest BCUT2D eigenvalue weighted by molar-refractivity contribution is -0.140. The fourth-order valence-electron chi connectivity index (χ4n) is 4.50. The van der Waals surface area contributed by atoms with Crippen LogP contribution >= 0.6 is 0 Å². The van der Waals surface area contributed by atoms with Gasteiger partial charge in [-0.05, 0) is 47.4 Å². The van der Waals surface area contributed by atoms with Gasteiger partial charge in [0.25, 0.3) is 0 Å². The highest BCUT2D eigenvalue weighted by Gasteiger charge is 2.21. The largest absolute Gasteiger partial charge is 0.496 e. The van der Waals surface area contributed by atoms with E-state index in [1.54, 1.807) is 24.3 Å². The Morgan fingerprint density at radius 1 is 0.952 bits per heavy atom. The van der Waals surface area contributed by atoms with E-state index >= 15 is 0 Å². The molecule has 0 heterocycles. The van der Waals surface area contributed by atoms with Crippen molar-refractivity contribution < 1.29 is 29.3 Å². The van der Waals surface area contributed by atoms with Crippen molar-refractivity contribution in [1.82, 2.24) is 5.32 Å². The van der Waals surface area contributed by atoms with Gasteiger partial charge in [-0.2, -0.15) is 5.26 Å². The molecule has 214 valence electrons. The number of nitrogens with one attached hydrogen (secondary N) is 2. The van der Waals surface area contributed by atoms with Crippen molar-refractivity contribution in [1.29, 1.82) is 5.26 Å². The van der Waals surface area contributed by atoms with Gasteiger partial charge in [-0.15, -0.1) is 0 Å².